The van der Waals surface area contributed by atoms with Crippen molar-refractivity contribution in [1.29, 1.82) is 5.26 Å². The third-order valence-corrected chi connectivity index (χ3v) is 4.12. The van der Waals surface area contributed by atoms with Gasteiger partial charge in [0, 0.05) is 12.6 Å². The molecule has 1 aromatic carbocycles. The van der Waals surface area contributed by atoms with E-state index in [2.05, 4.69) is 4.90 Å². The molecular weight excluding hydrogens is 243 g/mol. The number of hydrogen-bond donors (Lipinski definition) is 0. The van der Waals surface area contributed by atoms with Crippen LogP contribution in [0.1, 0.15) is 36.5 Å². The first-order chi connectivity index (χ1) is 9.28. The molecule has 0 N–H and O–H groups in total. The molecule has 2 saturated heterocycles. The van der Waals surface area contributed by atoms with Crippen LogP contribution in [0.5, 0.6) is 0 Å². The average Bonchev–Trinajstić information content (AvgIpc) is 2.46. The van der Waals surface area contributed by atoms with Crippen molar-refractivity contribution < 1.29 is 9.13 Å². The summed E-state index contributed by atoms with van der Waals surface area (Å²) in [7, 11) is 0. The lowest BCUT2D eigenvalue weighted by Gasteiger charge is -2.42. The van der Waals surface area contributed by atoms with Crippen molar-refractivity contribution in [2.45, 2.75) is 31.4 Å². The fraction of sp³-hybridized carbons (Fsp3) is 0.533. The number of piperidine rings is 1. The van der Waals surface area contributed by atoms with Gasteiger partial charge in [-0.15, -0.1) is 0 Å². The van der Waals surface area contributed by atoms with E-state index in [-0.39, 0.29) is 11.7 Å². The number of nitriles is 1. The third-order valence-electron chi connectivity index (χ3n) is 4.12. The monoisotopic (exact) mass is 260 g/mol. The van der Waals surface area contributed by atoms with E-state index in [4.69, 9.17) is 10.00 Å². The Bertz CT molecular complexity index is 511. The third kappa shape index (κ3) is 2.49. The standard InChI is InChI=1S/C15H17FN2O/c16-14-7-11(4-5-12(14)8-17)15-9-18-6-2-1-3-13(18)10-19-15/h4-5,7,13,15H,1-3,6,9-10H2/t13-,15-/m0/s1. The molecule has 2 aliphatic rings. The maximum Gasteiger partial charge on any atom is 0.141 e. The van der Waals surface area contributed by atoms with Crippen molar-refractivity contribution in [1.82, 2.24) is 4.90 Å². The van der Waals surface area contributed by atoms with E-state index in [1.165, 1.54) is 31.4 Å². The number of fused-ring (bicyclic) bond motifs is 1. The summed E-state index contributed by atoms with van der Waals surface area (Å²) in [6.45, 7) is 2.67. The zero-order valence-electron chi connectivity index (χ0n) is 10.8. The molecule has 2 heterocycles. The quantitative estimate of drug-likeness (QED) is 0.778. The molecule has 19 heavy (non-hydrogen) atoms. The number of halogens is 1. The lowest BCUT2D eigenvalue weighted by Crippen LogP contribution is -2.48. The van der Waals surface area contributed by atoms with Crippen LogP contribution in [0.15, 0.2) is 18.2 Å². The van der Waals surface area contributed by atoms with Crippen molar-refractivity contribution >= 4 is 0 Å². The zero-order chi connectivity index (χ0) is 13.2. The highest BCUT2D eigenvalue weighted by molar-refractivity contribution is 5.34. The SMILES string of the molecule is N#Cc1ccc([C@@H]2CN3CCCC[C@H]3CO2)cc1F. The van der Waals surface area contributed by atoms with Crippen LogP contribution in [0, 0.1) is 17.1 Å². The normalized spacial score (nSPS) is 27.6. The summed E-state index contributed by atoms with van der Waals surface area (Å²) in [5, 5.41) is 8.74. The predicted octanol–water partition coefficient (Wildman–Crippen LogP) is 2.62. The van der Waals surface area contributed by atoms with Crippen molar-refractivity contribution in [3.63, 3.8) is 0 Å². The molecule has 0 spiro atoms. The summed E-state index contributed by atoms with van der Waals surface area (Å²) in [6.07, 6.45) is 3.65. The summed E-state index contributed by atoms with van der Waals surface area (Å²) in [4.78, 5) is 2.45. The van der Waals surface area contributed by atoms with Crippen LogP contribution in [0.2, 0.25) is 0 Å². The number of benzene rings is 1. The summed E-state index contributed by atoms with van der Waals surface area (Å²) in [5.41, 5.74) is 0.927. The number of rotatable bonds is 1. The van der Waals surface area contributed by atoms with E-state index in [1.54, 1.807) is 6.07 Å². The van der Waals surface area contributed by atoms with Gasteiger partial charge in [0.05, 0.1) is 18.3 Å². The van der Waals surface area contributed by atoms with Crippen LogP contribution < -0.4 is 0 Å². The average molecular weight is 260 g/mol. The van der Waals surface area contributed by atoms with E-state index in [1.807, 2.05) is 6.07 Å². The van der Waals surface area contributed by atoms with Crippen LogP contribution in [0.25, 0.3) is 0 Å². The van der Waals surface area contributed by atoms with Crippen molar-refractivity contribution in [3.05, 3.63) is 35.1 Å². The maximum atomic E-state index is 13.6. The number of hydrogen-bond acceptors (Lipinski definition) is 3. The molecule has 1 aromatic rings. The Morgan fingerprint density at radius 3 is 3.05 bits per heavy atom. The van der Waals surface area contributed by atoms with Gasteiger partial charge in [0.1, 0.15) is 11.9 Å². The van der Waals surface area contributed by atoms with Gasteiger partial charge in [0.25, 0.3) is 0 Å². The van der Waals surface area contributed by atoms with Crippen LogP contribution >= 0.6 is 0 Å². The number of nitrogens with zero attached hydrogens (tertiary/aromatic N) is 2. The second-order valence-electron chi connectivity index (χ2n) is 5.32. The maximum absolute atomic E-state index is 13.6. The Morgan fingerprint density at radius 1 is 1.37 bits per heavy atom. The second-order valence-corrected chi connectivity index (χ2v) is 5.32. The van der Waals surface area contributed by atoms with E-state index in [0.29, 0.717) is 6.04 Å². The highest BCUT2D eigenvalue weighted by atomic mass is 19.1. The van der Waals surface area contributed by atoms with Gasteiger partial charge in [-0.1, -0.05) is 12.5 Å². The van der Waals surface area contributed by atoms with Crippen LogP contribution in [-0.2, 0) is 4.74 Å². The van der Waals surface area contributed by atoms with Gasteiger partial charge in [-0.25, -0.2) is 4.39 Å². The van der Waals surface area contributed by atoms with E-state index >= 15 is 0 Å². The van der Waals surface area contributed by atoms with Gasteiger partial charge in [-0.2, -0.15) is 5.26 Å². The number of ether oxygens (including phenoxy) is 1. The molecule has 0 radical (unpaired) electrons. The van der Waals surface area contributed by atoms with Gasteiger partial charge in [-0.05, 0) is 37.1 Å². The molecular formula is C15H17FN2O. The molecule has 3 rings (SSSR count). The molecule has 0 bridgehead atoms. The Kier molecular flexibility index (Phi) is 3.50. The Balaban J connectivity index is 1.76. The lowest BCUT2D eigenvalue weighted by molar-refractivity contribution is -0.0767. The molecule has 4 heteroatoms. The fourth-order valence-corrected chi connectivity index (χ4v) is 3.01. The van der Waals surface area contributed by atoms with Crippen molar-refractivity contribution in [2.75, 3.05) is 19.7 Å². The van der Waals surface area contributed by atoms with E-state index < -0.39 is 5.82 Å². The van der Waals surface area contributed by atoms with Gasteiger partial charge >= 0.3 is 0 Å². The minimum atomic E-state index is -0.454. The minimum Gasteiger partial charge on any atom is -0.371 e. The molecule has 0 unspecified atom stereocenters. The molecule has 100 valence electrons. The summed E-state index contributed by atoms with van der Waals surface area (Å²) in [5.74, 6) is -0.454. The Hall–Kier alpha value is -1.44. The van der Waals surface area contributed by atoms with Crippen molar-refractivity contribution in [3.8, 4) is 6.07 Å². The molecule has 2 aliphatic heterocycles. The van der Waals surface area contributed by atoms with E-state index in [9.17, 15) is 4.39 Å². The largest absolute Gasteiger partial charge is 0.371 e. The first-order valence-electron chi connectivity index (χ1n) is 6.83. The van der Waals surface area contributed by atoms with Crippen molar-refractivity contribution in [2.24, 2.45) is 0 Å². The molecule has 3 nitrogen and oxygen atoms in total. The zero-order valence-corrected chi connectivity index (χ0v) is 10.8. The summed E-state index contributed by atoms with van der Waals surface area (Å²) in [6, 6.07) is 7.16. The van der Waals surface area contributed by atoms with Crippen LogP contribution in [0.3, 0.4) is 0 Å². The Morgan fingerprint density at radius 2 is 2.26 bits per heavy atom. The highest BCUT2D eigenvalue weighted by Gasteiger charge is 2.31. The highest BCUT2D eigenvalue weighted by Crippen LogP contribution is 2.30. The molecule has 2 atom stereocenters. The molecule has 0 aliphatic carbocycles. The smallest absolute Gasteiger partial charge is 0.141 e. The van der Waals surface area contributed by atoms with Gasteiger partial charge in [-0.3, -0.25) is 4.90 Å². The Labute approximate surface area is 112 Å². The van der Waals surface area contributed by atoms with E-state index in [0.717, 1.165) is 25.3 Å². The molecule has 2 fully saturated rings. The van der Waals surface area contributed by atoms with Gasteiger partial charge < -0.3 is 4.74 Å². The first-order valence-corrected chi connectivity index (χ1v) is 6.83. The lowest BCUT2D eigenvalue weighted by atomic mass is 9.98. The second kappa shape index (κ2) is 5.28. The topological polar surface area (TPSA) is 36.3 Å². The molecule has 0 aromatic heterocycles. The fourth-order valence-electron chi connectivity index (χ4n) is 3.01. The minimum absolute atomic E-state index is 0.0726. The first kappa shape index (κ1) is 12.6. The number of morpholine rings is 1. The summed E-state index contributed by atoms with van der Waals surface area (Å²) >= 11 is 0. The van der Waals surface area contributed by atoms with Crippen LogP contribution in [0.4, 0.5) is 4.39 Å². The molecule has 0 amide bonds. The summed E-state index contributed by atoms with van der Waals surface area (Å²) < 4.78 is 19.5. The predicted molar refractivity (Wildman–Crippen MR) is 69.0 cm³/mol. The molecule has 0 saturated carbocycles. The van der Waals surface area contributed by atoms with Gasteiger partial charge in [0.2, 0.25) is 0 Å². The van der Waals surface area contributed by atoms with Crippen LogP contribution in [-0.4, -0.2) is 30.6 Å². The van der Waals surface area contributed by atoms with Gasteiger partial charge in [0.15, 0.2) is 0 Å².